The molecule has 4 nitrogen and oxygen atoms in total. The molecule has 2 aromatic carbocycles. The van der Waals surface area contributed by atoms with Crippen LogP contribution in [0.1, 0.15) is 68.4 Å². The normalized spacial score (nSPS) is 24.1. The minimum atomic E-state index is -0.734. The molecule has 1 aliphatic carbocycles. The van der Waals surface area contributed by atoms with Crippen molar-refractivity contribution >= 4 is 5.97 Å². The van der Waals surface area contributed by atoms with Crippen molar-refractivity contribution in [2.75, 3.05) is 32.7 Å². The van der Waals surface area contributed by atoms with Gasteiger partial charge in [0.2, 0.25) is 0 Å². The van der Waals surface area contributed by atoms with Crippen molar-refractivity contribution in [2.45, 2.75) is 69.7 Å². The highest BCUT2D eigenvalue weighted by molar-refractivity contribution is 5.73. The standard InChI is InChI=1S/C32H41F3N2O2/c33-27-9-3-8-25(17-27)30-21-37(31(32(38)39)16-23-5-2-6-23)20-26(30)19-36-12-10-22(11-13-36)4-1-7-24-14-28(34)18-29(35)15-24/h3,8-9,14-15,17-18,22-23,26,30-31H,1-2,4-7,10-13,16,19-21H2,(H,38,39). The molecule has 0 aromatic heterocycles. The smallest absolute Gasteiger partial charge is 0.320 e. The molecule has 3 unspecified atom stereocenters. The van der Waals surface area contributed by atoms with E-state index in [1.807, 2.05) is 6.07 Å². The topological polar surface area (TPSA) is 43.8 Å². The van der Waals surface area contributed by atoms with E-state index in [4.69, 9.17) is 0 Å². The van der Waals surface area contributed by atoms with Crippen LogP contribution < -0.4 is 0 Å². The largest absolute Gasteiger partial charge is 0.480 e. The van der Waals surface area contributed by atoms with E-state index in [-0.39, 0.29) is 17.7 Å². The van der Waals surface area contributed by atoms with Crippen molar-refractivity contribution in [2.24, 2.45) is 17.8 Å². The number of aliphatic carboxylic acids is 1. The fraction of sp³-hybridized carbons (Fsp3) is 0.594. The lowest BCUT2D eigenvalue weighted by Gasteiger charge is -2.35. The molecule has 2 aromatic rings. The molecule has 1 saturated carbocycles. The van der Waals surface area contributed by atoms with Crippen LogP contribution in [-0.2, 0) is 11.2 Å². The Balaban J connectivity index is 1.16. The summed E-state index contributed by atoms with van der Waals surface area (Å²) in [5.41, 5.74) is 1.69. The van der Waals surface area contributed by atoms with Gasteiger partial charge in [0.25, 0.3) is 0 Å². The first-order chi connectivity index (χ1) is 18.8. The zero-order valence-electron chi connectivity index (χ0n) is 22.7. The van der Waals surface area contributed by atoms with E-state index < -0.39 is 23.6 Å². The minimum absolute atomic E-state index is 0.119. The van der Waals surface area contributed by atoms with Gasteiger partial charge in [-0.3, -0.25) is 9.69 Å². The Morgan fingerprint density at radius 1 is 0.923 bits per heavy atom. The van der Waals surface area contributed by atoms with Crippen molar-refractivity contribution in [3.63, 3.8) is 0 Å². The lowest BCUT2D eigenvalue weighted by molar-refractivity contribution is -0.144. The predicted molar refractivity (Wildman–Crippen MR) is 146 cm³/mol. The Kier molecular flexibility index (Phi) is 9.28. The number of nitrogens with zero attached hydrogens (tertiary/aromatic N) is 2. The molecular weight excluding hydrogens is 501 g/mol. The lowest BCUT2D eigenvalue weighted by Crippen LogP contribution is -2.43. The second-order valence-corrected chi connectivity index (χ2v) is 12.2. The summed E-state index contributed by atoms with van der Waals surface area (Å²) in [5, 5.41) is 10.1. The fourth-order valence-electron chi connectivity index (χ4n) is 7.05. The number of carboxylic acid groups (broad SMARTS) is 1. The molecule has 212 valence electrons. The summed E-state index contributed by atoms with van der Waals surface area (Å²) in [5.74, 6) is -0.508. The highest BCUT2D eigenvalue weighted by atomic mass is 19.1. The first-order valence-electron chi connectivity index (χ1n) is 14.7. The third kappa shape index (κ3) is 7.43. The van der Waals surface area contributed by atoms with Gasteiger partial charge in [0.15, 0.2) is 0 Å². The number of aryl methyl sites for hydroxylation is 1. The quantitative estimate of drug-likeness (QED) is 0.352. The van der Waals surface area contributed by atoms with Crippen LogP contribution in [0.25, 0.3) is 0 Å². The van der Waals surface area contributed by atoms with E-state index >= 15 is 0 Å². The molecule has 0 amide bonds. The van der Waals surface area contributed by atoms with Gasteiger partial charge >= 0.3 is 5.97 Å². The molecule has 0 bridgehead atoms. The number of carboxylic acids is 1. The van der Waals surface area contributed by atoms with Crippen LogP contribution in [0, 0.1) is 35.2 Å². The third-order valence-corrected chi connectivity index (χ3v) is 9.45. The molecule has 0 spiro atoms. The second-order valence-electron chi connectivity index (χ2n) is 12.2. The van der Waals surface area contributed by atoms with Gasteiger partial charge in [-0.15, -0.1) is 0 Å². The van der Waals surface area contributed by atoms with E-state index in [0.29, 0.717) is 31.2 Å². The number of hydrogen-bond acceptors (Lipinski definition) is 3. The maximum atomic E-state index is 14.2. The van der Waals surface area contributed by atoms with Crippen LogP contribution in [0.4, 0.5) is 13.2 Å². The van der Waals surface area contributed by atoms with Crippen LogP contribution in [0.3, 0.4) is 0 Å². The van der Waals surface area contributed by atoms with Gasteiger partial charge in [-0.25, -0.2) is 13.2 Å². The average Bonchev–Trinajstić information content (AvgIpc) is 3.27. The fourth-order valence-corrected chi connectivity index (χ4v) is 7.05. The molecular formula is C32H41F3N2O2. The summed E-state index contributed by atoms with van der Waals surface area (Å²) in [7, 11) is 0. The summed E-state index contributed by atoms with van der Waals surface area (Å²) in [4.78, 5) is 16.9. The molecule has 3 fully saturated rings. The SMILES string of the molecule is O=C(O)C(CC1CCC1)N1CC(CN2CCC(CCCc3cc(F)cc(F)c3)CC2)C(c2cccc(F)c2)C1. The number of benzene rings is 2. The Bertz CT molecular complexity index is 1100. The first kappa shape index (κ1) is 28.2. The molecule has 7 heteroatoms. The van der Waals surface area contributed by atoms with Gasteiger partial charge in [0, 0.05) is 31.6 Å². The average molecular weight is 543 g/mol. The highest BCUT2D eigenvalue weighted by Crippen LogP contribution is 2.38. The van der Waals surface area contributed by atoms with Crippen LogP contribution in [0.2, 0.25) is 0 Å². The van der Waals surface area contributed by atoms with Crippen LogP contribution in [-0.4, -0.2) is 59.6 Å². The summed E-state index contributed by atoms with van der Waals surface area (Å²) in [6.45, 7) is 4.28. The Labute approximate surface area is 230 Å². The molecule has 0 radical (unpaired) electrons. The van der Waals surface area contributed by atoms with Crippen molar-refractivity contribution in [1.82, 2.24) is 9.80 Å². The Morgan fingerprint density at radius 2 is 1.67 bits per heavy atom. The molecule has 39 heavy (non-hydrogen) atoms. The Morgan fingerprint density at radius 3 is 2.31 bits per heavy atom. The van der Waals surface area contributed by atoms with Crippen molar-refractivity contribution < 1.29 is 23.1 Å². The molecule has 2 aliphatic heterocycles. The number of piperidine rings is 1. The van der Waals surface area contributed by atoms with Gasteiger partial charge in [-0.1, -0.05) is 37.8 Å². The molecule has 2 heterocycles. The van der Waals surface area contributed by atoms with Gasteiger partial charge in [-0.2, -0.15) is 0 Å². The summed E-state index contributed by atoms with van der Waals surface area (Å²) >= 11 is 0. The zero-order valence-corrected chi connectivity index (χ0v) is 22.7. The van der Waals surface area contributed by atoms with Crippen molar-refractivity contribution in [1.29, 1.82) is 0 Å². The van der Waals surface area contributed by atoms with Crippen LogP contribution in [0.5, 0.6) is 0 Å². The minimum Gasteiger partial charge on any atom is -0.480 e. The van der Waals surface area contributed by atoms with Crippen molar-refractivity contribution in [3.8, 4) is 0 Å². The summed E-state index contributed by atoms with van der Waals surface area (Å²) in [6.07, 6.45) is 9.02. The predicted octanol–water partition coefficient (Wildman–Crippen LogP) is 6.50. The lowest BCUT2D eigenvalue weighted by atomic mass is 9.80. The van der Waals surface area contributed by atoms with E-state index in [1.165, 1.54) is 24.6 Å². The maximum absolute atomic E-state index is 14.2. The zero-order chi connectivity index (χ0) is 27.4. The van der Waals surface area contributed by atoms with E-state index in [2.05, 4.69) is 9.80 Å². The van der Waals surface area contributed by atoms with Gasteiger partial charge in [0.1, 0.15) is 23.5 Å². The Hall–Kier alpha value is -2.38. The van der Waals surface area contributed by atoms with E-state index in [1.54, 1.807) is 12.1 Å². The number of likely N-dealkylation sites (tertiary alicyclic amines) is 2. The number of halogens is 3. The van der Waals surface area contributed by atoms with Gasteiger partial charge in [0.05, 0.1) is 0 Å². The van der Waals surface area contributed by atoms with Gasteiger partial charge < -0.3 is 10.0 Å². The molecule has 2 saturated heterocycles. The second kappa shape index (κ2) is 12.9. The van der Waals surface area contributed by atoms with E-state index in [0.717, 1.165) is 81.9 Å². The number of carbonyl (C=O) groups is 1. The molecule has 3 atom stereocenters. The highest BCUT2D eigenvalue weighted by Gasteiger charge is 2.41. The summed E-state index contributed by atoms with van der Waals surface area (Å²) < 4.78 is 41.1. The number of rotatable bonds is 11. The third-order valence-electron chi connectivity index (χ3n) is 9.45. The van der Waals surface area contributed by atoms with Gasteiger partial charge in [-0.05, 0) is 98.3 Å². The van der Waals surface area contributed by atoms with Crippen LogP contribution in [0.15, 0.2) is 42.5 Å². The van der Waals surface area contributed by atoms with E-state index in [9.17, 15) is 23.1 Å². The molecule has 1 N–H and O–H groups in total. The molecule has 3 aliphatic rings. The first-order valence-corrected chi connectivity index (χ1v) is 14.7. The summed E-state index contributed by atoms with van der Waals surface area (Å²) in [6, 6.07) is 10.1. The monoisotopic (exact) mass is 542 g/mol. The maximum Gasteiger partial charge on any atom is 0.320 e. The molecule has 5 rings (SSSR count). The van der Waals surface area contributed by atoms with Crippen molar-refractivity contribution in [3.05, 3.63) is 71.0 Å². The van der Waals surface area contributed by atoms with Crippen LogP contribution >= 0.6 is 0 Å². The number of hydrogen-bond donors (Lipinski definition) is 1.